The number of rotatable bonds is 8. The highest BCUT2D eigenvalue weighted by Crippen LogP contribution is 2.20. The minimum absolute atomic E-state index is 0.158. The molecule has 7 nitrogen and oxygen atoms in total. The van der Waals surface area contributed by atoms with Crippen LogP contribution in [0.2, 0.25) is 5.02 Å². The molecule has 0 bridgehead atoms. The van der Waals surface area contributed by atoms with Crippen molar-refractivity contribution in [1.29, 1.82) is 0 Å². The first-order valence-corrected chi connectivity index (χ1v) is 9.11. The highest BCUT2D eigenvalue weighted by atomic mass is 35.5. The fourth-order valence-electron chi connectivity index (χ4n) is 2.92. The van der Waals surface area contributed by atoms with E-state index in [1.165, 1.54) is 25.3 Å². The predicted octanol–water partition coefficient (Wildman–Crippen LogP) is 3.33. The topological polar surface area (TPSA) is 101 Å². The lowest BCUT2D eigenvalue weighted by Gasteiger charge is -2.10. The van der Waals surface area contributed by atoms with E-state index in [1.54, 1.807) is 6.07 Å². The van der Waals surface area contributed by atoms with Crippen LogP contribution in [0.15, 0.2) is 24.3 Å². The molecule has 0 spiro atoms. The van der Waals surface area contributed by atoms with Crippen LogP contribution in [0, 0.1) is 13.8 Å². The van der Waals surface area contributed by atoms with Gasteiger partial charge in [-0.05, 0) is 44.5 Å². The van der Waals surface area contributed by atoms with Gasteiger partial charge >= 0.3 is 11.9 Å². The van der Waals surface area contributed by atoms with Gasteiger partial charge in [-0.2, -0.15) is 0 Å². The maximum Gasteiger partial charge on any atom is 0.340 e. The second-order valence-corrected chi connectivity index (χ2v) is 6.78. The van der Waals surface area contributed by atoms with Crippen molar-refractivity contribution in [3.63, 3.8) is 0 Å². The van der Waals surface area contributed by atoms with Gasteiger partial charge in [0.2, 0.25) is 5.78 Å². The summed E-state index contributed by atoms with van der Waals surface area (Å²) in [5, 5.41) is 0.407. The lowest BCUT2D eigenvalue weighted by Crippen LogP contribution is -2.16. The first-order valence-electron chi connectivity index (χ1n) is 8.73. The van der Waals surface area contributed by atoms with E-state index in [1.807, 2.05) is 18.4 Å². The average Bonchev–Trinajstić information content (AvgIpc) is 2.93. The third kappa shape index (κ3) is 5.13. The van der Waals surface area contributed by atoms with Gasteiger partial charge in [-0.25, -0.2) is 4.79 Å². The minimum atomic E-state index is -0.686. The number of hydrogen-bond acceptors (Lipinski definition) is 6. The monoisotopic (exact) mass is 406 g/mol. The summed E-state index contributed by atoms with van der Waals surface area (Å²) in [5.41, 5.74) is 8.23. The van der Waals surface area contributed by atoms with Crippen LogP contribution in [0.25, 0.3) is 0 Å². The van der Waals surface area contributed by atoms with Crippen LogP contribution < -0.4 is 5.73 Å². The number of anilines is 1. The second kappa shape index (κ2) is 9.41. The zero-order chi connectivity index (χ0) is 20.8. The van der Waals surface area contributed by atoms with E-state index in [9.17, 15) is 14.4 Å². The van der Waals surface area contributed by atoms with Gasteiger partial charge in [0.25, 0.3) is 0 Å². The van der Waals surface area contributed by atoms with Gasteiger partial charge < -0.3 is 19.8 Å². The Morgan fingerprint density at radius 3 is 2.50 bits per heavy atom. The summed E-state index contributed by atoms with van der Waals surface area (Å²) >= 11 is 5.81. The summed E-state index contributed by atoms with van der Waals surface area (Å²) in [6.45, 7) is 3.88. The number of aryl methyl sites for hydroxylation is 1. The molecule has 1 heterocycles. The second-order valence-electron chi connectivity index (χ2n) is 6.35. The number of methoxy groups -OCH3 is 1. The molecule has 150 valence electrons. The number of nitrogens with zero attached hydrogens (tertiary/aromatic N) is 1. The number of benzene rings is 1. The van der Waals surface area contributed by atoms with Crippen LogP contribution in [0.1, 0.15) is 44.9 Å². The number of aromatic nitrogens is 1. The van der Waals surface area contributed by atoms with Crippen molar-refractivity contribution in [2.75, 3.05) is 19.5 Å². The van der Waals surface area contributed by atoms with E-state index in [0.29, 0.717) is 30.0 Å². The standard InChI is InChI=1S/C20H23ClN2O5/c1-12-9-16(13(2)23(12)8-4-5-19(25)27-3)18(24)11-28-20(26)15-7-6-14(21)10-17(15)22/h6-7,9-10H,4-5,8,11,22H2,1-3H3. The van der Waals surface area contributed by atoms with Crippen LogP contribution in [-0.2, 0) is 20.8 Å². The molecule has 0 amide bonds. The van der Waals surface area contributed by atoms with Crippen LogP contribution in [0.3, 0.4) is 0 Å². The van der Waals surface area contributed by atoms with Gasteiger partial charge in [0.05, 0.1) is 12.7 Å². The van der Waals surface area contributed by atoms with Crippen molar-refractivity contribution in [2.24, 2.45) is 0 Å². The first-order chi connectivity index (χ1) is 13.2. The van der Waals surface area contributed by atoms with Gasteiger partial charge in [0.1, 0.15) is 0 Å². The minimum Gasteiger partial charge on any atom is -0.469 e. The molecule has 2 rings (SSSR count). The smallest absolute Gasteiger partial charge is 0.340 e. The summed E-state index contributed by atoms with van der Waals surface area (Å²) in [6, 6.07) is 6.18. The molecule has 1 aromatic heterocycles. The molecule has 2 N–H and O–H groups in total. The van der Waals surface area contributed by atoms with Crippen molar-refractivity contribution in [2.45, 2.75) is 33.2 Å². The number of esters is 2. The van der Waals surface area contributed by atoms with Crippen LogP contribution in [0.5, 0.6) is 0 Å². The normalized spacial score (nSPS) is 10.6. The summed E-state index contributed by atoms with van der Waals surface area (Å²) < 4.78 is 11.7. The highest BCUT2D eigenvalue weighted by molar-refractivity contribution is 6.31. The Bertz CT molecular complexity index is 904. The molecular weight excluding hydrogens is 384 g/mol. The fraction of sp³-hybridized carbons (Fsp3) is 0.350. The lowest BCUT2D eigenvalue weighted by atomic mass is 10.1. The molecule has 0 aliphatic carbocycles. The van der Waals surface area contributed by atoms with Crippen molar-refractivity contribution in [3.05, 3.63) is 51.8 Å². The average molecular weight is 407 g/mol. The molecule has 0 aliphatic rings. The molecule has 0 saturated carbocycles. The van der Waals surface area contributed by atoms with Gasteiger partial charge in [0, 0.05) is 40.6 Å². The molecular formula is C20H23ClN2O5. The van der Waals surface area contributed by atoms with Gasteiger partial charge in [-0.1, -0.05) is 11.6 Å². The van der Waals surface area contributed by atoms with Crippen molar-refractivity contribution >= 4 is 35.0 Å². The van der Waals surface area contributed by atoms with E-state index < -0.39 is 12.6 Å². The zero-order valence-electron chi connectivity index (χ0n) is 16.1. The molecule has 0 fully saturated rings. The first kappa shape index (κ1) is 21.5. The number of ether oxygens (including phenoxy) is 2. The van der Waals surface area contributed by atoms with E-state index in [4.69, 9.17) is 22.1 Å². The number of Topliss-reactive ketones (excluding diaryl/α,β-unsaturated/α-hetero) is 1. The SMILES string of the molecule is COC(=O)CCCn1c(C)cc(C(=O)COC(=O)c2ccc(Cl)cc2N)c1C. The van der Waals surface area contributed by atoms with Crippen molar-refractivity contribution in [1.82, 2.24) is 4.57 Å². The maximum absolute atomic E-state index is 12.5. The highest BCUT2D eigenvalue weighted by Gasteiger charge is 2.19. The van der Waals surface area contributed by atoms with Crippen LogP contribution >= 0.6 is 11.6 Å². The number of carbonyl (C=O) groups is 3. The molecule has 28 heavy (non-hydrogen) atoms. The number of halogens is 1. The summed E-state index contributed by atoms with van der Waals surface area (Å²) in [4.78, 5) is 35.9. The van der Waals surface area contributed by atoms with Crippen molar-refractivity contribution < 1.29 is 23.9 Å². The molecule has 0 radical (unpaired) electrons. The Balaban J connectivity index is 2.01. The van der Waals surface area contributed by atoms with E-state index in [-0.39, 0.29) is 23.0 Å². The van der Waals surface area contributed by atoms with Gasteiger partial charge in [-0.15, -0.1) is 0 Å². The third-order valence-electron chi connectivity index (χ3n) is 4.43. The quantitative estimate of drug-likeness (QED) is 0.410. The zero-order valence-corrected chi connectivity index (χ0v) is 16.8. The number of hydrogen-bond donors (Lipinski definition) is 1. The van der Waals surface area contributed by atoms with Crippen molar-refractivity contribution in [3.8, 4) is 0 Å². The number of nitrogens with two attached hydrogens (primary N) is 1. The van der Waals surface area contributed by atoms with Crippen LogP contribution in [-0.4, -0.2) is 36.0 Å². The van der Waals surface area contributed by atoms with Gasteiger partial charge in [0.15, 0.2) is 6.61 Å². The summed E-state index contributed by atoms with van der Waals surface area (Å²) in [5.74, 6) is -1.27. The van der Waals surface area contributed by atoms with Gasteiger partial charge in [-0.3, -0.25) is 9.59 Å². The Morgan fingerprint density at radius 2 is 1.86 bits per heavy atom. The Labute approximate surface area is 168 Å². The molecule has 1 aromatic carbocycles. The van der Waals surface area contributed by atoms with E-state index >= 15 is 0 Å². The number of carbonyl (C=O) groups excluding carboxylic acids is 3. The Morgan fingerprint density at radius 1 is 1.14 bits per heavy atom. The molecule has 8 heteroatoms. The molecule has 2 aromatic rings. The molecule has 0 unspecified atom stereocenters. The molecule has 0 atom stereocenters. The Kier molecular flexibility index (Phi) is 7.23. The Hall–Kier alpha value is -2.80. The van der Waals surface area contributed by atoms with Crippen LogP contribution in [0.4, 0.5) is 5.69 Å². The lowest BCUT2D eigenvalue weighted by molar-refractivity contribution is -0.140. The van der Waals surface area contributed by atoms with E-state index in [2.05, 4.69) is 4.74 Å². The third-order valence-corrected chi connectivity index (χ3v) is 4.67. The number of nitrogen functional groups attached to an aromatic ring is 1. The predicted molar refractivity (Wildman–Crippen MR) is 106 cm³/mol. The molecule has 0 saturated heterocycles. The summed E-state index contributed by atoms with van der Waals surface area (Å²) in [6.07, 6.45) is 0.901. The largest absolute Gasteiger partial charge is 0.469 e. The summed E-state index contributed by atoms with van der Waals surface area (Å²) in [7, 11) is 1.35. The van der Waals surface area contributed by atoms with E-state index in [0.717, 1.165) is 11.4 Å². The maximum atomic E-state index is 12.5. The number of ketones is 1. The fourth-order valence-corrected chi connectivity index (χ4v) is 3.10. The molecule has 0 aliphatic heterocycles.